The Kier molecular flexibility index (Phi) is 1.78. The molecule has 0 aliphatic heterocycles. The minimum Gasteiger partial charge on any atom is -0.306 e. The minimum atomic E-state index is -0.121. The van der Waals surface area contributed by atoms with Crippen LogP contribution in [0.4, 0.5) is 0 Å². The van der Waals surface area contributed by atoms with Crippen LogP contribution in [0.2, 0.25) is 0 Å². The van der Waals surface area contributed by atoms with Gasteiger partial charge in [-0.3, -0.25) is 0 Å². The van der Waals surface area contributed by atoms with Crippen LogP contribution in [0.3, 0.4) is 0 Å². The molecule has 1 aliphatic rings. The third kappa shape index (κ3) is 1.14. The fourth-order valence-electron chi connectivity index (χ4n) is 2.59. The number of nitrogens with one attached hydrogen (secondary N) is 1. The molecule has 1 aromatic carbocycles. The summed E-state index contributed by atoms with van der Waals surface area (Å²) in [4.78, 5) is 19.7. The molecule has 0 atom stereocenters. The van der Waals surface area contributed by atoms with Crippen molar-refractivity contribution in [2.75, 3.05) is 0 Å². The fourth-order valence-corrected chi connectivity index (χ4v) is 2.59. The Bertz CT molecular complexity index is 854. The van der Waals surface area contributed by atoms with E-state index in [9.17, 15) is 4.79 Å². The maximum atomic E-state index is 12.2. The zero-order valence-corrected chi connectivity index (χ0v) is 9.68. The fraction of sp³-hybridized carbons (Fsp3) is 0.143. The molecular formula is C14H11N3O. The van der Waals surface area contributed by atoms with Gasteiger partial charge in [0.1, 0.15) is 0 Å². The Hall–Kier alpha value is -2.36. The number of aryl methyl sites for hydroxylation is 1. The Morgan fingerprint density at radius 3 is 3.11 bits per heavy atom. The summed E-state index contributed by atoms with van der Waals surface area (Å²) in [5, 5.41) is 0.986. The third-order valence-electron chi connectivity index (χ3n) is 3.43. The van der Waals surface area contributed by atoms with Gasteiger partial charge in [-0.1, -0.05) is 18.2 Å². The number of aromatic amines is 1. The van der Waals surface area contributed by atoms with Gasteiger partial charge in [0.15, 0.2) is 5.65 Å². The molecule has 0 radical (unpaired) electrons. The number of hydrogen-bond donors (Lipinski definition) is 1. The second kappa shape index (κ2) is 3.32. The number of aromatic nitrogens is 3. The highest BCUT2D eigenvalue weighted by atomic mass is 16.1. The zero-order chi connectivity index (χ0) is 12.1. The van der Waals surface area contributed by atoms with Crippen LogP contribution in [0.25, 0.3) is 22.6 Å². The quantitative estimate of drug-likeness (QED) is 0.651. The average molecular weight is 237 g/mol. The molecule has 1 N–H and O–H groups in total. The van der Waals surface area contributed by atoms with Gasteiger partial charge in [0, 0.05) is 5.39 Å². The topological polar surface area (TPSA) is 50.2 Å². The van der Waals surface area contributed by atoms with Crippen LogP contribution >= 0.6 is 0 Å². The third-order valence-corrected chi connectivity index (χ3v) is 3.43. The lowest BCUT2D eigenvalue weighted by Crippen LogP contribution is -2.17. The van der Waals surface area contributed by atoms with E-state index in [1.54, 1.807) is 4.40 Å². The SMILES string of the molecule is O=c1[nH]c2ccccc2c2nc3c(n12)C=CCC3. The second-order valence-electron chi connectivity index (χ2n) is 4.52. The summed E-state index contributed by atoms with van der Waals surface area (Å²) in [5.41, 5.74) is 3.40. The Labute approximate surface area is 103 Å². The lowest BCUT2D eigenvalue weighted by molar-refractivity contribution is 0.932. The van der Waals surface area contributed by atoms with Crippen LogP contribution in [0.5, 0.6) is 0 Å². The minimum absolute atomic E-state index is 0.121. The van der Waals surface area contributed by atoms with Crippen molar-refractivity contribution in [2.45, 2.75) is 12.8 Å². The molecule has 4 rings (SSSR count). The van der Waals surface area contributed by atoms with Gasteiger partial charge < -0.3 is 4.98 Å². The molecule has 0 fully saturated rings. The number of rotatable bonds is 0. The molecule has 2 aromatic heterocycles. The highest BCUT2D eigenvalue weighted by molar-refractivity contribution is 5.91. The van der Waals surface area contributed by atoms with Crippen molar-refractivity contribution in [1.29, 1.82) is 0 Å². The molecule has 0 bridgehead atoms. The summed E-state index contributed by atoms with van der Waals surface area (Å²) in [6, 6.07) is 7.77. The van der Waals surface area contributed by atoms with Crippen molar-refractivity contribution in [3.8, 4) is 0 Å². The molecule has 0 amide bonds. The number of para-hydroxylation sites is 1. The smallest absolute Gasteiger partial charge is 0.306 e. The van der Waals surface area contributed by atoms with Crippen LogP contribution in [0.15, 0.2) is 35.1 Å². The molecule has 18 heavy (non-hydrogen) atoms. The molecule has 4 nitrogen and oxygen atoms in total. The second-order valence-corrected chi connectivity index (χ2v) is 4.52. The van der Waals surface area contributed by atoms with Gasteiger partial charge in [-0.15, -0.1) is 0 Å². The van der Waals surface area contributed by atoms with Crippen LogP contribution in [0, 0.1) is 0 Å². The molecule has 2 heterocycles. The van der Waals surface area contributed by atoms with Gasteiger partial charge in [-0.2, -0.15) is 0 Å². The summed E-state index contributed by atoms with van der Waals surface area (Å²) in [5.74, 6) is 0. The summed E-state index contributed by atoms with van der Waals surface area (Å²) >= 11 is 0. The maximum absolute atomic E-state index is 12.2. The average Bonchev–Trinajstić information content (AvgIpc) is 2.79. The lowest BCUT2D eigenvalue weighted by Gasteiger charge is -2.03. The van der Waals surface area contributed by atoms with Gasteiger partial charge in [0.2, 0.25) is 0 Å². The molecule has 0 spiro atoms. The van der Waals surface area contributed by atoms with Crippen LogP contribution in [0.1, 0.15) is 17.8 Å². The largest absolute Gasteiger partial charge is 0.332 e. The van der Waals surface area contributed by atoms with Crippen LogP contribution in [-0.4, -0.2) is 14.4 Å². The van der Waals surface area contributed by atoms with E-state index >= 15 is 0 Å². The number of benzene rings is 1. The van der Waals surface area contributed by atoms with Crippen molar-refractivity contribution in [1.82, 2.24) is 14.4 Å². The van der Waals surface area contributed by atoms with E-state index < -0.39 is 0 Å². The molecule has 4 heteroatoms. The molecule has 88 valence electrons. The van der Waals surface area contributed by atoms with Crippen LogP contribution < -0.4 is 5.69 Å². The van der Waals surface area contributed by atoms with Crippen molar-refractivity contribution in [3.05, 3.63) is 52.2 Å². The van der Waals surface area contributed by atoms with Gasteiger partial charge in [0.05, 0.1) is 16.9 Å². The first-order valence-corrected chi connectivity index (χ1v) is 6.03. The Balaban J connectivity index is 2.29. The van der Waals surface area contributed by atoms with Crippen molar-refractivity contribution in [3.63, 3.8) is 0 Å². The van der Waals surface area contributed by atoms with E-state index in [4.69, 9.17) is 0 Å². The van der Waals surface area contributed by atoms with Crippen molar-refractivity contribution in [2.24, 2.45) is 0 Å². The van der Waals surface area contributed by atoms with E-state index in [0.29, 0.717) is 0 Å². The zero-order valence-electron chi connectivity index (χ0n) is 9.68. The molecule has 0 unspecified atom stereocenters. The van der Waals surface area contributed by atoms with Crippen molar-refractivity contribution >= 4 is 22.6 Å². The predicted octanol–water partition coefficient (Wildman–Crippen LogP) is 2.14. The molecular weight excluding hydrogens is 226 g/mol. The molecule has 1 aliphatic carbocycles. The monoisotopic (exact) mass is 237 g/mol. The van der Waals surface area contributed by atoms with Gasteiger partial charge in [0.25, 0.3) is 0 Å². The number of allylic oxidation sites excluding steroid dienone is 1. The molecule has 0 saturated heterocycles. The number of nitrogens with zero attached hydrogens (tertiary/aromatic N) is 2. The number of imidazole rings is 1. The predicted molar refractivity (Wildman–Crippen MR) is 70.7 cm³/mol. The van der Waals surface area contributed by atoms with E-state index in [1.165, 1.54) is 0 Å². The van der Waals surface area contributed by atoms with Crippen LogP contribution in [-0.2, 0) is 6.42 Å². The first kappa shape index (κ1) is 9.65. The number of fused-ring (bicyclic) bond motifs is 5. The Morgan fingerprint density at radius 2 is 2.17 bits per heavy atom. The van der Waals surface area contributed by atoms with Gasteiger partial charge in [-0.25, -0.2) is 14.2 Å². The summed E-state index contributed by atoms with van der Waals surface area (Å²) in [6.07, 6.45) is 5.97. The summed E-state index contributed by atoms with van der Waals surface area (Å²) < 4.78 is 1.67. The van der Waals surface area contributed by atoms with Crippen molar-refractivity contribution < 1.29 is 0 Å². The first-order valence-electron chi connectivity index (χ1n) is 6.03. The summed E-state index contributed by atoms with van der Waals surface area (Å²) in [7, 11) is 0. The number of hydrogen-bond acceptors (Lipinski definition) is 2. The Morgan fingerprint density at radius 1 is 1.28 bits per heavy atom. The van der Waals surface area contributed by atoms with Gasteiger partial charge >= 0.3 is 5.69 Å². The highest BCUT2D eigenvalue weighted by Crippen LogP contribution is 2.23. The lowest BCUT2D eigenvalue weighted by atomic mass is 10.1. The standard InChI is InChI=1S/C14H11N3O/c18-14-16-10-6-2-1-5-9(10)13-15-11-7-3-4-8-12(11)17(13)14/h1-2,4-6,8H,3,7H2,(H,16,18). The van der Waals surface area contributed by atoms with E-state index in [0.717, 1.165) is 40.8 Å². The summed E-state index contributed by atoms with van der Waals surface area (Å²) in [6.45, 7) is 0. The highest BCUT2D eigenvalue weighted by Gasteiger charge is 2.16. The normalized spacial score (nSPS) is 14.2. The van der Waals surface area contributed by atoms with E-state index in [2.05, 4.69) is 16.0 Å². The molecule has 3 aromatic rings. The maximum Gasteiger partial charge on any atom is 0.332 e. The molecule has 0 saturated carbocycles. The first-order chi connectivity index (χ1) is 8.84. The van der Waals surface area contributed by atoms with E-state index in [-0.39, 0.29) is 5.69 Å². The van der Waals surface area contributed by atoms with E-state index in [1.807, 2.05) is 30.3 Å². The number of H-pyrrole nitrogens is 1. The van der Waals surface area contributed by atoms with Gasteiger partial charge in [-0.05, 0) is 31.1 Å².